The van der Waals surface area contributed by atoms with Crippen LogP contribution in [0.5, 0.6) is 0 Å². The molecule has 0 aliphatic heterocycles. The largest absolute Gasteiger partial charge is 0.355 e. The molecule has 0 fully saturated rings. The first-order valence-corrected chi connectivity index (χ1v) is 7.22. The van der Waals surface area contributed by atoms with Gasteiger partial charge in [-0.2, -0.15) is 0 Å². The van der Waals surface area contributed by atoms with E-state index in [-0.39, 0.29) is 5.82 Å². The molecule has 0 aliphatic carbocycles. The molecule has 1 aromatic heterocycles. The van der Waals surface area contributed by atoms with Crippen molar-refractivity contribution >= 4 is 5.82 Å². The molecule has 0 aliphatic rings. The van der Waals surface area contributed by atoms with Crippen LogP contribution in [0.1, 0.15) is 23.7 Å². The maximum Gasteiger partial charge on any atom is 0.129 e. The maximum atomic E-state index is 12.9. The highest BCUT2D eigenvalue weighted by Gasteiger charge is 2.06. The molecule has 4 heteroatoms. The molecule has 0 radical (unpaired) electrons. The van der Waals surface area contributed by atoms with E-state index in [9.17, 15) is 4.39 Å². The number of aromatic nitrogens is 1. The minimum absolute atomic E-state index is 0.206. The third-order valence-corrected chi connectivity index (χ3v) is 3.30. The minimum atomic E-state index is -0.206. The number of halogens is 1. The van der Waals surface area contributed by atoms with E-state index in [4.69, 9.17) is 0 Å². The molecule has 1 aromatic carbocycles. The number of nitrogens with one attached hydrogen (secondary N) is 1. The van der Waals surface area contributed by atoms with Crippen molar-refractivity contribution in [1.29, 1.82) is 0 Å². The fourth-order valence-corrected chi connectivity index (χ4v) is 2.23. The Balaban J connectivity index is 2.12. The molecular weight excluding hydrogens is 265 g/mol. The van der Waals surface area contributed by atoms with Crippen LogP contribution < -0.4 is 10.2 Å². The second-order valence-corrected chi connectivity index (χ2v) is 5.24. The SMILES string of the molecule is CCNCc1cc(C)nc(N(C)Cc2ccc(F)cc2)c1. The maximum absolute atomic E-state index is 12.9. The van der Waals surface area contributed by atoms with Crippen LogP contribution in [-0.2, 0) is 13.1 Å². The fourth-order valence-electron chi connectivity index (χ4n) is 2.23. The van der Waals surface area contributed by atoms with E-state index in [1.54, 1.807) is 12.1 Å². The van der Waals surface area contributed by atoms with E-state index in [2.05, 4.69) is 34.3 Å². The molecule has 2 rings (SSSR count). The predicted octanol–water partition coefficient (Wildman–Crippen LogP) is 3.28. The number of hydrogen-bond donors (Lipinski definition) is 1. The van der Waals surface area contributed by atoms with Crippen LogP contribution in [0.3, 0.4) is 0 Å². The topological polar surface area (TPSA) is 28.2 Å². The van der Waals surface area contributed by atoms with Gasteiger partial charge in [-0.1, -0.05) is 19.1 Å². The molecule has 0 spiro atoms. The number of benzene rings is 1. The zero-order chi connectivity index (χ0) is 15.2. The van der Waals surface area contributed by atoms with Crippen molar-refractivity contribution in [1.82, 2.24) is 10.3 Å². The van der Waals surface area contributed by atoms with Crippen molar-refractivity contribution in [3.8, 4) is 0 Å². The Morgan fingerprint density at radius 3 is 2.52 bits per heavy atom. The summed E-state index contributed by atoms with van der Waals surface area (Å²) in [7, 11) is 2.00. The Bertz CT molecular complexity index is 581. The van der Waals surface area contributed by atoms with Crippen LogP contribution in [0, 0.1) is 12.7 Å². The van der Waals surface area contributed by atoms with E-state index in [1.807, 2.05) is 14.0 Å². The first-order valence-electron chi connectivity index (χ1n) is 7.22. The highest BCUT2D eigenvalue weighted by atomic mass is 19.1. The van der Waals surface area contributed by atoms with Crippen LogP contribution in [0.4, 0.5) is 10.2 Å². The van der Waals surface area contributed by atoms with E-state index in [0.717, 1.165) is 30.2 Å². The molecule has 0 saturated carbocycles. The summed E-state index contributed by atoms with van der Waals surface area (Å²) >= 11 is 0. The quantitative estimate of drug-likeness (QED) is 0.884. The molecule has 0 saturated heterocycles. The lowest BCUT2D eigenvalue weighted by atomic mass is 10.2. The van der Waals surface area contributed by atoms with E-state index < -0.39 is 0 Å². The summed E-state index contributed by atoms with van der Waals surface area (Å²) in [6.45, 7) is 6.59. The van der Waals surface area contributed by atoms with Gasteiger partial charge in [-0.3, -0.25) is 0 Å². The summed E-state index contributed by atoms with van der Waals surface area (Å²) in [5.74, 6) is 0.732. The standard InChI is InChI=1S/C17H22FN3/c1-4-19-11-15-9-13(2)20-17(10-15)21(3)12-14-5-7-16(18)8-6-14/h5-10,19H,4,11-12H2,1-3H3. The third kappa shape index (κ3) is 4.53. The van der Waals surface area contributed by atoms with Gasteiger partial charge in [-0.25, -0.2) is 9.37 Å². The van der Waals surface area contributed by atoms with Gasteiger partial charge in [0.05, 0.1) is 0 Å². The summed E-state index contributed by atoms with van der Waals surface area (Å²) in [4.78, 5) is 6.66. The van der Waals surface area contributed by atoms with Crippen LogP contribution >= 0.6 is 0 Å². The predicted molar refractivity (Wildman–Crippen MR) is 84.9 cm³/mol. The Labute approximate surface area is 125 Å². The molecule has 1 N–H and O–H groups in total. The molecule has 3 nitrogen and oxygen atoms in total. The average molecular weight is 287 g/mol. The fraction of sp³-hybridized carbons (Fsp3) is 0.353. The van der Waals surface area contributed by atoms with Gasteiger partial charge in [0.1, 0.15) is 11.6 Å². The minimum Gasteiger partial charge on any atom is -0.355 e. The zero-order valence-electron chi connectivity index (χ0n) is 12.9. The number of pyridine rings is 1. The highest BCUT2D eigenvalue weighted by Crippen LogP contribution is 2.16. The van der Waals surface area contributed by atoms with Crippen LogP contribution in [0.2, 0.25) is 0 Å². The first-order chi connectivity index (χ1) is 10.1. The highest BCUT2D eigenvalue weighted by molar-refractivity contribution is 5.42. The molecule has 1 heterocycles. The van der Waals surface area contributed by atoms with Gasteiger partial charge in [0, 0.05) is 25.8 Å². The summed E-state index contributed by atoms with van der Waals surface area (Å²) in [5, 5.41) is 3.33. The number of anilines is 1. The second-order valence-electron chi connectivity index (χ2n) is 5.24. The van der Waals surface area contributed by atoms with Crippen molar-refractivity contribution in [3.63, 3.8) is 0 Å². The van der Waals surface area contributed by atoms with Gasteiger partial charge in [0.2, 0.25) is 0 Å². The van der Waals surface area contributed by atoms with Crippen LogP contribution in [-0.4, -0.2) is 18.6 Å². The number of nitrogens with zero attached hydrogens (tertiary/aromatic N) is 2. The van der Waals surface area contributed by atoms with E-state index in [0.29, 0.717) is 6.54 Å². The average Bonchev–Trinajstić information content (AvgIpc) is 2.47. The summed E-state index contributed by atoms with van der Waals surface area (Å²) in [6.07, 6.45) is 0. The Morgan fingerprint density at radius 2 is 1.86 bits per heavy atom. The van der Waals surface area contributed by atoms with Crippen LogP contribution in [0.25, 0.3) is 0 Å². The molecule has 0 unspecified atom stereocenters. The molecule has 2 aromatic rings. The molecule has 0 atom stereocenters. The summed E-state index contributed by atoms with van der Waals surface area (Å²) < 4.78 is 12.9. The zero-order valence-corrected chi connectivity index (χ0v) is 12.9. The van der Waals surface area contributed by atoms with Crippen molar-refractivity contribution in [3.05, 3.63) is 59.0 Å². The first kappa shape index (κ1) is 15.4. The monoisotopic (exact) mass is 287 g/mol. The summed E-state index contributed by atoms with van der Waals surface area (Å²) in [5.41, 5.74) is 3.30. The van der Waals surface area contributed by atoms with Crippen molar-refractivity contribution < 1.29 is 4.39 Å². The molecule has 0 bridgehead atoms. The van der Waals surface area contributed by atoms with Gasteiger partial charge >= 0.3 is 0 Å². The van der Waals surface area contributed by atoms with Crippen molar-refractivity contribution in [2.75, 3.05) is 18.5 Å². The van der Waals surface area contributed by atoms with Crippen molar-refractivity contribution in [2.45, 2.75) is 26.9 Å². The lowest BCUT2D eigenvalue weighted by molar-refractivity contribution is 0.627. The molecule has 0 amide bonds. The van der Waals surface area contributed by atoms with Crippen molar-refractivity contribution in [2.24, 2.45) is 0 Å². The molecule has 21 heavy (non-hydrogen) atoms. The van der Waals surface area contributed by atoms with Gasteiger partial charge in [-0.15, -0.1) is 0 Å². The normalized spacial score (nSPS) is 10.7. The summed E-state index contributed by atoms with van der Waals surface area (Å²) in [6, 6.07) is 10.8. The molecular formula is C17H22FN3. The lowest BCUT2D eigenvalue weighted by Gasteiger charge is -2.20. The molecule has 112 valence electrons. The van der Waals surface area contributed by atoms with Gasteiger partial charge in [-0.05, 0) is 48.9 Å². The van der Waals surface area contributed by atoms with Gasteiger partial charge in [0.25, 0.3) is 0 Å². The smallest absolute Gasteiger partial charge is 0.129 e. The Hall–Kier alpha value is -1.94. The number of aryl methyl sites for hydroxylation is 1. The van der Waals surface area contributed by atoms with E-state index >= 15 is 0 Å². The van der Waals surface area contributed by atoms with Crippen LogP contribution in [0.15, 0.2) is 36.4 Å². The lowest BCUT2D eigenvalue weighted by Crippen LogP contribution is -2.19. The second kappa shape index (κ2) is 7.18. The third-order valence-electron chi connectivity index (χ3n) is 3.30. The number of hydrogen-bond acceptors (Lipinski definition) is 3. The van der Waals surface area contributed by atoms with Gasteiger partial charge < -0.3 is 10.2 Å². The Morgan fingerprint density at radius 1 is 1.14 bits per heavy atom. The number of rotatable bonds is 6. The van der Waals surface area contributed by atoms with Gasteiger partial charge in [0.15, 0.2) is 0 Å². The Kier molecular flexibility index (Phi) is 5.28. The van der Waals surface area contributed by atoms with E-state index in [1.165, 1.54) is 17.7 Å².